The zero-order valence-corrected chi connectivity index (χ0v) is 24.3. The molecule has 1 fully saturated rings. The third-order valence-electron chi connectivity index (χ3n) is 6.73. The number of guanidine groups is 1. The molecule has 1 rings (SSSR count). The average Bonchev–Trinajstić information content (AvgIpc) is 2.81. The van der Waals surface area contributed by atoms with Gasteiger partial charge in [0.05, 0.1) is 11.6 Å². The number of hydrogen-bond donors (Lipinski definition) is 8. The van der Waals surface area contributed by atoms with Gasteiger partial charge in [0.15, 0.2) is 17.5 Å². The van der Waals surface area contributed by atoms with E-state index in [1.165, 1.54) is 0 Å². The lowest BCUT2D eigenvalue weighted by atomic mass is 9.73. The number of carbonyl (C=O) groups is 5. The van der Waals surface area contributed by atoms with Crippen molar-refractivity contribution in [1.82, 2.24) is 21.3 Å². The van der Waals surface area contributed by atoms with Crippen LogP contribution in [0, 0.1) is 16.7 Å². The molecule has 0 aromatic heterocycles. The number of nitrogens with two attached hydrogens (primary N) is 2. The summed E-state index contributed by atoms with van der Waals surface area (Å²) >= 11 is 0. The Hall–Kier alpha value is -3.48. The highest BCUT2D eigenvalue weighted by atomic mass is 16.4. The molecule has 0 aromatic rings. The molecule has 226 valence electrons. The molecule has 0 bridgehead atoms. The van der Waals surface area contributed by atoms with Crippen molar-refractivity contribution >= 4 is 35.3 Å². The van der Waals surface area contributed by atoms with Crippen LogP contribution in [0.3, 0.4) is 0 Å². The number of nitrogens with one attached hydrogen (secondary N) is 5. The molecule has 1 saturated carbocycles. The van der Waals surface area contributed by atoms with Gasteiger partial charge in [-0.05, 0) is 50.4 Å². The van der Waals surface area contributed by atoms with Gasteiger partial charge in [0.2, 0.25) is 11.8 Å². The van der Waals surface area contributed by atoms with E-state index in [1.54, 1.807) is 20.8 Å². The molecule has 3 atom stereocenters. The van der Waals surface area contributed by atoms with Crippen LogP contribution in [0.4, 0.5) is 0 Å². The molecule has 0 heterocycles. The summed E-state index contributed by atoms with van der Waals surface area (Å²) in [4.78, 5) is 61.9. The van der Waals surface area contributed by atoms with Crippen LogP contribution < -0.4 is 32.7 Å². The standard InChI is InChI=1S/C27H47N7O6/c1-15(2)22(24(38)33-18(25(39)40)10-8-12-32-26(29)30)34-23(37)17(28)9-6-7-11-31-16(3)21-19(35)13-27(4,5)14-20(21)36/h15,17-18,22,31H,6-14,28H2,1-5H3,(H,33,38)(H,34,37)(H,39,40)(H4,29,30,32)/t17-,18-,22-/m0/s1. The van der Waals surface area contributed by atoms with Gasteiger partial charge in [-0.15, -0.1) is 0 Å². The Morgan fingerprint density at radius 1 is 0.950 bits per heavy atom. The molecule has 0 radical (unpaired) electrons. The first-order valence-electron chi connectivity index (χ1n) is 13.7. The Labute approximate surface area is 236 Å². The molecular formula is C27H47N7O6. The summed E-state index contributed by atoms with van der Waals surface area (Å²) in [6, 6.07) is -3.00. The zero-order valence-electron chi connectivity index (χ0n) is 24.3. The summed E-state index contributed by atoms with van der Waals surface area (Å²) in [7, 11) is 0. The molecule has 0 spiro atoms. The minimum atomic E-state index is -1.21. The second-order valence-corrected chi connectivity index (χ2v) is 11.5. The summed E-state index contributed by atoms with van der Waals surface area (Å²) in [5, 5.41) is 27.4. The monoisotopic (exact) mass is 565 g/mol. The van der Waals surface area contributed by atoms with Gasteiger partial charge in [-0.2, -0.15) is 0 Å². The lowest BCUT2D eigenvalue weighted by Gasteiger charge is -2.29. The number of Topliss-reactive ketones (excluding diaryl/α,β-unsaturated/α-hetero) is 2. The van der Waals surface area contributed by atoms with E-state index in [9.17, 15) is 29.1 Å². The van der Waals surface area contributed by atoms with E-state index >= 15 is 0 Å². The molecular weight excluding hydrogens is 518 g/mol. The fraction of sp³-hybridized carbons (Fsp3) is 0.704. The van der Waals surface area contributed by atoms with Crippen LogP contribution in [0.15, 0.2) is 11.3 Å². The normalized spacial score (nSPS) is 17.0. The fourth-order valence-corrected chi connectivity index (χ4v) is 4.51. The van der Waals surface area contributed by atoms with Gasteiger partial charge in [-0.1, -0.05) is 27.7 Å². The molecule has 0 aromatic carbocycles. The molecule has 0 unspecified atom stereocenters. The summed E-state index contributed by atoms with van der Waals surface area (Å²) < 4.78 is 0. The summed E-state index contributed by atoms with van der Waals surface area (Å²) in [5.41, 5.74) is 11.7. The van der Waals surface area contributed by atoms with Crippen LogP contribution in [0.1, 0.15) is 79.6 Å². The first kappa shape index (κ1) is 34.5. The minimum Gasteiger partial charge on any atom is -0.480 e. The second-order valence-electron chi connectivity index (χ2n) is 11.5. The van der Waals surface area contributed by atoms with Crippen molar-refractivity contribution in [3.05, 3.63) is 11.3 Å². The summed E-state index contributed by atoms with van der Waals surface area (Å²) in [6.45, 7) is 9.78. The number of unbranched alkanes of at least 4 members (excludes halogenated alkanes) is 1. The average molecular weight is 566 g/mol. The molecule has 0 saturated heterocycles. The van der Waals surface area contributed by atoms with E-state index in [0.717, 1.165) is 0 Å². The number of carboxylic acid groups (broad SMARTS) is 1. The van der Waals surface area contributed by atoms with Gasteiger partial charge >= 0.3 is 5.97 Å². The largest absolute Gasteiger partial charge is 0.480 e. The van der Waals surface area contributed by atoms with Crippen molar-refractivity contribution in [1.29, 1.82) is 5.41 Å². The number of rotatable bonds is 16. The number of amides is 2. The number of carbonyl (C=O) groups excluding carboxylic acids is 4. The number of allylic oxidation sites excluding steroid dienone is 2. The third kappa shape index (κ3) is 11.7. The number of hydrogen-bond acceptors (Lipinski definition) is 8. The maximum absolute atomic E-state index is 12.8. The molecule has 13 heteroatoms. The van der Waals surface area contributed by atoms with E-state index in [1.807, 2.05) is 13.8 Å². The Balaban J connectivity index is 2.55. The van der Waals surface area contributed by atoms with Crippen molar-refractivity contribution < 1.29 is 29.1 Å². The van der Waals surface area contributed by atoms with E-state index in [4.69, 9.17) is 16.9 Å². The highest BCUT2D eigenvalue weighted by Crippen LogP contribution is 2.34. The Morgan fingerprint density at radius 2 is 1.52 bits per heavy atom. The van der Waals surface area contributed by atoms with Crippen LogP contribution in [-0.4, -0.2) is 71.6 Å². The summed E-state index contributed by atoms with van der Waals surface area (Å²) in [6.07, 6.45) is 2.73. The third-order valence-corrected chi connectivity index (χ3v) is 6.73. The lowest BCUT2D eigenvalue weighted by molar-refractivity contribution is -0.142. The predicted molar refractivity (Wildman–Crippen MR) is 151 cm³/mol. The second kappa shape index (κ2) is 15.9. The molecule has 2 amide bonds. The Bertz CT molecular complexity index is 970. The molecule has 1 aliphatic rings. The Morgan fingerprint density at radius 3 is 2.05 bits per heavy atom. The van der Waals surface area contributed by atoms with E-state index in [2.05, 4.69) is 21.3 Å². The van der Waals surface area contributed by atoms with E-state index in [0.29, 0.717) is 50.8 Å². The number of ketones is 2. The molecule has 40 heavy (non-hydrogen) atoms. The molecule has 0 aliphatic heterocycles. The van der Waals surface area contributed by atoms with Crippen LogP contribution in [0.2, 0.25) is 0 Å². The van der Waals surface area contributed by atoms with E-state index < -0.39 is 35.9 Å². The minimum absolute atomic E-state index is 0.115. The van der Waals surface area contributed by atoms with Crippen molar-refractivity contribution in [2.45, 2.75) is 97.7 Å². The molecule has 10 N–H and O–H groups in total. The van der Waals surface area contributed by atoms with Crippen molar-refractivity contribution in [3.8, 4) is 0 Å². The smallest absolute Gasteiger partial charge is 0.326 e. The van der Waals surface area contributed by atoms with Gasteiger partial charge in [-0.25, -0.2) is 4.79 Å². The van der Waals surface area contributed by atoms with Crippen molar-refractivity contribution in [2.24, 2.45) is 22.8 Å². The highest BCUT2D eigenvalue weighted by molar-refractivity contribution is 6.22. The SMILES string of the molecule is CC(NCCCC[C@H](N)C(=O)N[C@H](C(=O)N[C@@H](CCCNC(=N)N)C(=O)O)C(C)C)=C1C(=O)CC(C)(C)CC1=O. The van der Waals surface area contributed by atoms with Crippen molar-refractivity contribution in [2.75, 3.05) is 13.1 Å². The van der Waals surface area contributed by atoms with Crippen LogP contribution in [0.5, 0.6) is 0 Å². The summed E-state index contributed by atoms with van der Waals surface area (Å²) in [5.74, 6) is -3.18. The van der Waals surface area contributed by atoms with Gasteiger partial charge in [0.25, 0.3) is 0 Å². The molecule has 13 nitrogen and oxygen atoms in total. The Kier molecular flexibility index (Phi) is 13.8. The fourth-order valence-electron chi connectivity index (χ4n) is 4.51. The van der Waals surface area contributed by atoms with Gasteiger partial charge in [-0.3, -0.25) is 24.6 Å². The zero-order chi connectivity index (χ0) is 30.6. The number of carboxylic acids is 1. The van der Waals surface area contributed by atoms with Crippen LogP contribution >= 0.6 is 0 Å². The first-order valence-corrected chi connectivity index (χ1v) is 13.7. The van der Waals surface area contributed by atoms with Crippen LogP contribution in [0.25, 0.3) is 0 Å². The predicted octanol–water partition coefficient (Wildman–Crippen LogP) is 0.279. The topological polar surface area (TPSA) is 230 Å². The van der Waals surface area contributed by atoms with Crippen LogP contribution in [-0.2, 0) is 24.0 Å². The van der Waals surface area contributed by atoms with Crippen molar-refractivity contribution in [3.63, 3.8) is 0 Å². The highest BCUT2D eigenvalue weighted by Gasteiger charge is 2.36. The number of aliphatic carboxylic acids is 1. The molecule has 1 aliphatic carbocycles. The van der Waals surface area contributed by atoms with Gasteiger partial charge in [0.1, 0.15) is 12.1 Å². The quantitative estimate of drug-likeness (QED) is 0.0419. The maximum atomic E-state index is 12.8. The first-order chi connectivity index (χ1) is 18.6. The van der Waals surface area contributed by atoms with Gasteiger partial charge in [0, 0.05) is 31.6 Å². The van der Waals surface area contributed by atoms with E-state index in [-0.39, 0.29) is 47.4 Å². The lowest BCUT2D eigenvalue weighted by Crippen LogP contribution is -2.56. The van der Waals surface area contributed by atoms with Gasteiger partial charge < -0.3 is 37.8 Å². The maximum Gasteiger partial charge on any atom is 0.326 e.